The molecule has 9 heavy (non-hydrogen) atoms. The minimum absolute atomic E-state index is 0. The molecule has 1 nitrogen and oxygen atoms in total. The molecule has 2 aliphatic rings. The highest BCUT2D eigenvalue weighted by Gasteiger charge is 2.39. The quantitative estimate of drug-likeness (QED) is 0.548. The normalized spacial score (nSPS) is 47.0. The van der Waals surface area contributed by atoms with Crippen molar-refractivity contribution in [3.8, 4) is 0 Å². The molecule has 2 rings (SSSR count). The third-order valence-electron chi connectivity index (χ3n) is 2.25. The molecule has 0 aromatic carbocycles. The number of halogens is 2. The summed E-state index contributed by atoms with van der Waals surface area (Å²) in [5.41, 5.74) is 0. The van der Waals surface area contributed by atoms with Crippen LogP contribution in [0.15, 0.2) is 0 Å². The van der Waals surface area contributed by atoms with Crippen LogP contribution in [0.3, 0.4) is 0 Å². The molecule has 3 unspecified atom stereocenters. The number of fused-ring (bicyclic) bond motifs is 2. The lowest BCUT2D eigenvalue weighted by Gasteiger charge is -2.14. The largest absolute Gasteiger partial charge is 0.311 e. The van der Waals surface area contributed by atoms with Crippen LogP contribution in [-0.2, 0) is 0 Å². The fraction of sp³-hybridized carbons (Fsp3) is 1.00. The molecule has 2 bridgehead atoms. The van der Waals surface area contributed by atoms with Gasteiger partial charge in [0.1, 0.15) is 6.17 Å². The van der Waals surface area contributed by atoms with Crippen molar-refractivity contribution >= 4 is 12.4 Å². The van der Waals surface area contributed by atoms with E-state index in [4.69, 9.17) is 0 Å². The Morgan fingerprint density at radius 2 is 2.11 bits per heavy atom. The first-order valence-electron chi connectivity index (χ1n) is 3.24. The van der Waals surface area contributed by atoms with E-state index >= 15 is 0 Å². The van der Waals surface area contributed by atoms with Gasteiger partial charge in [-0.2, -0.15) is 0 Å². The van der Waals surface area contributed by atoms with Crippen molar-refractivity contribution in [3.05, 3.63) is 0 Å². The van der Waals surface area contributed by atoms with Crippen LogP contribution in [0, 0.1) is 5.92 Å². The molecule has 0 spiro atoms. The van der Waals surface area contributed by atoms with Crippen LogP contribution < -0.4 is 5.32 Å². The second-order valence-electron chi connectivity index (χ2n) is 2.87. The first-order chi connectivity index (χ1) is 3.86. The Hall–Kier alpha value is 0.180. The zero-order valence-corrected chi connectivity index (χ0v) is 5.96. The van der Waals surface area contributed by atoms with E-state index in [-0.39, 0.29) is 18.4 Å². The zero-order valence-electron chi connectivity index (χ0n) is 5.14. The molecule has 0 amide bonds. The number of rotatable bonds is 0. The number of alkyl halides is 1. The van der Waals surface area contributed by atoms with Crippen molar-refractivity contribution in [3.63, 3.8) is 0 Å². The third kappa shape index (κ3) is 1.06. The molecule has 2 fully saturated rings. The second kappa shape index (κ2) is 2.43. The monoisotopic (exact) mass is 151 g/mol. The average Bonchev–Trinajstić information content (AvgIpc) is 2.23. The SMILES string of the molecule is Cl.FC1CC2CNC1C2. The molecule has 1 heterocycles. The van der Waals surface area contributed by atoms with Crippen LogP contribution in [0.25, 0.3) is 0 Å². The molecule has 3 heteroatoms. The first kappa shape index (κ1) is 7.29. The minimum Gasteiger partial charge on any atom is -0.311 e. The summed E-state index contributed by atoms with van der Waals surface area (Å²) in [4.78, 5) is 0. The Labute approximate surface area is 60.4 Å². The van der Waals surface area contributed by atoms with Gasteiger partial charge in [-0.05, 0) is 25.3 Å². The van der Waals surface area contributed by atoms with Crippen molar-refractivity contribution in [1.29, 1.82) is 0 Å². The van der Waals surface area contributed by atoms with Crippen LogP contribution in [-0.4, -0.2) is 18.8 Å². The lowest BCUT2D eigenvalue weighted by molar-refractivity contribution is 0.256. The van der Waals surface area contributed by atoms with E-state index < -0.39 is 6.17 Å². The van der Waals surface area contributed by atoms with E-state index in [1.165, 1.54) is 0 Å². The highest BCUT2D eigenvalue weighted by molar-refractivity contribution is 5.85. The Morgan fingerprint density at radius 3 is 2.33 bits per heavy atom. The van der Waals surface area contributed by atoms with Crippen LogP contribution in [0.2, 0.25) is 0 Å². The van der Waals surface area contributed by atoms with Crippen molar-refractivity contribution in [2.45, 2.75) is 25.1 Å². The maximum atomic E-state index is 12.6. The highest BCUT2D eigenvalue weighted by atomic mass is 35.5. The van der Waals surface area contributed by atoms with E-state index in [1.54, 1.807) is 0 Å². The van der Waals surface area contributed by atoms with Gasteiger partial charge in [-0.15, -0.1) is 12.4 Å². The fourth-order valence-corrected chi connectivity index (χ4v) is 1.78. The summed E-state index contributed by atoms with van der Waals surface area (Å²) in [5.74, 6) is 0.662. The van der Waals surface area contributed by atoms with Crippen LogP contribution in [0.4, 0.5) is 4.39 Å². The van der Waals surface area contributed by atoms with E-state index in [1.807, 2.05) is 0 Å². The maximum absolute atomic E-state index is 12.6. The van der Waals surface area contributed by atoms with E-state index in [0.29, 0.717) is 5.92 Å². The fourth-order valence-electron chi connectivity index (χ4n) is 1.78. The van der Waals surface area contributed by atoms with Gasteiger partial charge < -0.3 is 5.32 Å². The Bertz CT molecular complexity index is 107. The zero-order chi connectivity index (χ0) is 5.56. The first-order valence-corrected chi connectivity index (χ1v) is 3.24. The van der Waals surface area contributed by atoms with Gasteiger partial charge in [0.05, 0.1) is 0 Å². The van der Waals surface area contributed by atoms with Crippen molar-refractivity contribution in [2.75, 3.05) is 6.54 Å². The van der Waals surface area contributed by atoms with E-state index in [0.717, 1.165) is 19.4 Å². The lowest BCUT2D eigenvalue weighted by Crippen LogP contribution is -2.33. The van der Waals surface area contributed by atoms with Gasteiger partial charge in [-0.25, -0.2) is 4.39 Å². The smallest absolute Gasteiger partial charge is 0.116 e. The van der Waals surface area contributed by atoms with Gasteiger partial charge in [-0.1, -0.05) is 0 Å². The molecule has 0 aromatic rings. The van der Waals surface area contributed by atoms with Gasteiger partial charge in [0.2, 0.25) is 0 Å². The summed E-state index contributed by atoms with van der Waals surface area (Å²) in [7, 11) is 0. The number of hydrogen-bond donors (Lipinski definition) is 1. The number of piperidine rings is 1. The summed E-state index contributed by atoms with van der Waals surface area (Å²) in [5, 5.41) is 3.13. The molecule has 1 saturated heterocycles. The Balaban J connectivity index is 0.000000405. The van der Waals surface area contributed by atoms with E-state index in [9.17, 15) is 4.39 Å². The molecule has 1 saturated carbocycles. The molecule has 0 radical (unpaired) electrons. The molecular weight excluding hydrogens is 141 g/mol. The predicted octanol–water partition coefficient (Wildman–Crippen LogP) is 1.13. The average molecular weight is 152 g/mol. The molecule has 1 aliphatic heterocycles. The minimum atomic E-state index is -0.534. The second-order valence-corrected chi connectivity index (χ2v) is 2.87. The summed E-state index contributed by atoms with van der Waals surface area (Å²) in [6, 6.07) is 0.222. The summed E-state index contributed by atoms with van der Waals surface area (Å²) in [6.45, 7) is 1.06. The molecule has 1 aliphatic carbocycles. The Kier molecular flexibility index (Phi) is 1.97. The van der Waals surface area contributed by atoms with E-state index in [2.05, 4.69) is 5.32 Å². The lowest BCUT2D eigenvalue weighted by atomic mass is 10.1. The molecule has 3 atom stereocenters. The van der Waals surface area contributed by atoms with Crippen LogP contribution in [0.5, 0.6) is 0 Å². The molecule has 54 valence electrons. The molecular formula is C6H11ClFN. The third-order valence-corrected chi connectivity index (χ3v) is 2.25. The Morgan fingerprint density at radius 1 is 1.33 bits per heavy atom. The van der Waals surface area contributed by atoms with Gasteiger partial charge in [0.15, 0.2) is 0 Å². The number of nitrogens with one attached hydrogen (secondary N) is 1. The molecule has 0 aromatic heterocycles. The summed E-state index contributed by atoms with van der Waals surface area (Å²) >= 11 is 0. The van der Waals surface area contributed by atoms with Crippen molar-refractivity contribution in [2.24, 2.45) is 5.92 Å². The van der Waals surface area contributed by atoms with Gasteiger partial charge in [-0.3, -0.25) is 0 Å². The topological polar surface area (TPSA) is 12.0 Å². The standard InChI is InChI=1S/C6H10FN.ClH/c7-5-1-4-2-6(5)8-3-4;/h4-6,8H,1-3H2;1H. The van der Waals surface area contributed by atoms with Gasteiger partial charge in [0.25, 0.3) is 0 Å². The molecule has 1 N–H and O–H groups in total. The van der Waals surface area contributed by atoms with Crippen molar-refractivity contribution < 1.29 is 4.39 Å². The number of hydrogen-bond acceptors (Lipinski definition) is 1. The predicted molar refractivity (Wildman–Crippen MR) is 36.7 cm³/mol. The van der Waals surface area contributed by atoms with Gasteiger partial charge in [0, 0.05) is 6.04 Å². The highest BCUT2D eigenvalue weighted by Crippen LogP contribution is 2.32. The summed E-state index contributed by atoms with van der Waals surface area (Å²) in [6.07, 6.45) is 1.37. The maximum Gasteiger partial charge on any atom is 0.116 e. The van der Waals surface area contributed by atoms with Gasteiger partial charge >= 0.3 is 0 Å². The van der Waals surface area contributed by atoms with Crippen LogP contribution in [0.1, 0.15) is 12.8 Å². The van der Waals surface area contributed by atoms with Crippen LogP contribution >= 0.6 is 12.4 Å². The summed E-state index contributed by atoms with van der Waals surface area (Å²) < 4.78 is 12.6. The van der Waals surface area contributed by atoms with Crippen molar-refractivity contribution in [1.82, 2.24) is 5.32 Å².